The number of rotatable bonds is 5. The predicted octanol–water partition coefficient (Wildman–Crippen LogP) is 2.27. The molecule has 0 saturated carbocycles. The van der Waals surface area contributed by atoms with Crippen molar-refractivity contribution in [2.75, 3.05) is 0 Å². The maximum absolute atomic E-state index is 12.8. The molecule has 0 aliphatic carbocycles. The van der Waals surface area contributed by atoms with Crippen molar-refractivity contribution in [3.05, 3.63) is 79.2 Å². The zero-order chi connectivity index (χ0) is 18.7. The Labute approximate surface area is 152 Å². The Balaban J connectivity index is 1.81. The van der Waals surface area contributed by atoms with E-state index in [-0.39, 0.29) is 18.1 Å². The topological polar surface area (TPSA) is 82.9 Å². The van der Waals surface area contributed by atoms with E-state index in [1.54, 1.807) is 24.3 Å². The molecule has 0 atom stereocenters. The maximum Gasteiger partial charge on any atom is 0.331 e. The Morgan fingerprint density at radius 1 is 1.23 bits per heavy atom. The van der Waals surface area contributed by atoms with Crippen LogP contribution >= 0.6 is 11.6 Å². The molecule has 3 rings (SSSR count). The van der Waals surface area contributed by atoms with Crippen molar-refractivity contribution >= 4 is 23.8 Å². The Morgan fingerprint density at radius 2 is 1.96 bits per heavy atom. The monoisotopic (exact) mass is 376 g/mol. The predicted molar refractivity (Wildman–Crippen MR) is 94.5 cm³/mol. The van der Waals surface area contributed by atoms with E-state index in [2.05, 4.69) is 10.1 Å². The molecule has 0 amide bonds. The quantitative estimate of drug-likeness (QED) is 0.682. The van der Waals surface area contributed by atoms with E-state index in [1.807, 2.05) is 12.1 Å². The Morgan fingerprint density at radius 3 is 2.65 bits per heavy atom. The first-order valence-corrected chi connectivity index (χ1v) is 7.97. The summed E-state index contributed by atoms with van der Waals surface area (Å²) in [6.45, 7) is -1.10. The van der Waals surface area contributed by atoms with Gasteiger partial charge in [-0.2, -0.15) is 4.98 Å². The molecule has 0 aliphatic rings. The summed E-state index contributed by atoms with van der Waals surface area (Å²) in [5.41, 5.74) is -0.375. The molecule has 2 heterocycles. The van der Waals surface area contributed by atoms with Crippen LogP contribution in [0.25, 0.3) is 12.2 Å². The van der Waals surface area contributed by atoms with Crippen LogP contribution in [0.4, 0.5) is 4.39 Å². The fourth-order valence-corrected chi connectivity index (χ4v) is 2.40. The van der Waals surface area contributed by atoms with Gasteiger partial charge in [-0.05, 0) is 23.8 Å². The van der Waals surface area contributed by atoms with Crippen LogP contribution < -0.4 is 11.2 Å². The molecule has 0 N–H and O–H groups in total. The van der Waals surface area contributed by atoms with Crippen LogP contribution in [-0.2, 0) is 20.3 Å². The van der Waals surface area contributed by atoms with Crippen molar-refractivity contribution < 1.29 is 8.91 Å². The van der Waals surface area contributed by atoms with Gasteiger partial charge in [0, 0.05) is 18.1 Å². The van der Waals surface area contributed by atoms with Gasteiger partial charge in [-0.25, -0.2) is 9.18 Å². The summed E-state index contributed by atoms with van der Waals surface area (Å²) in [5, 5.41) is 4.41. The van der Waals surface area contributed by atoms with Crippen molar-refractivity contribution in [3.63, 3.8) is 0 Å². The minimum Gasteiger partial charge on any atom is -0.337 e. The third-order valence-corrected chi connectivity index (χ3v) is 3.97. The maximum atomic E-state index is 12.8. The first-order valence-electron chi connectivity index (χ1n) is 7.60. The number of aromatic nitrogens is 4. The lowest BCUT2D eigenvalue weighted by Crippen LogP contribution is -2.40. The van der Waals surface area contributed by atoms with Crippen LogP contribution in [0.2, 0.25) is 5.02 Å². The summed E-state index contributed by atoms with van der Waals surface area (Å²) in [6.07, 6.45) is 3.40. The van der Waals surface area contributed by atoms with Gasteiger partial charge in [-0.1, -0.05) is 35.0 Å². The summed E-state index contributed by atoms with van der Waals surface area (Å²) in [7, 11) is 1.39. The number of hydrogen-bond acceptors (Lipinski definition) is 5. The highest BCUT2D eigenvalue weighted by molar-refractivity contribution is 6.30. The summed E-state index contributed by atoms with van der Waals surface area (Å²) < 4.78 is 19.8. The minimum absolute atomic E-state index is 0.00775. The standard InChI is InChI=1S/C17H14ClFN4O3/c1-22-13(9-19)8-16(24)23(17(22)25)10-15-20-14(21-26-15)7-4-11-2-5-12(18)6-3-11/h2-8H,9-10H2,1H3/b7-4+. The molecule has 0 aliphatic heterocycles. The van der Waals surface area contributed by atoms with E-state index in [0.717, 1.165) is 20.8 Å². The molecular weight excluding hydrogens is 363 g/mol. The average molecular weight is 377 g/mol. The van der Waals surface area contributed by atoms with E-state index >= 15 is 0 Å². The first kappa shape index (κ1) is 17.8. The zero-order valence-corrected chi connectivity index (χ0v) is 14.5. The highest BCUT2D eigenvalue weighted by atomic mass is 35.5. The van der Waals surface area contributed by atoms with Gasteiger partial charge in [0.15, 0.2) is 5.82 Å². The van der Waals surface area contributed by atoms with Crippen molar-refractivity contribution in [1.82, 2.24) is 19.3 Å². The highest BCUT2D eigenvalue weighted by Crippen LogP contribution is 2.12. The van der Waals surface area contributed by atoms with Gasteiger partial charge < -0.3 is 4.52 Å². The summed E-state index contributed by atoms with van der Waals surface area (Å²) in [4.78, 5) is 28.3. The second-order valence-electron chi connectivity index (χ2n) is 5.47. The number of alkyl halides is 1. The number of nitrogens with zero attached hydrogens (tertiary/aromatic N) is 4. The molecule has 26 heavy (non-hydrogen) atoms. The molecule has 0 bridgehead atoms. The van der Waals surface area contributed by atoms with Crippen LogP contribution in [0.1, 0.15) is 23.0 Å². The molecular formula is C17H14ClFN4O3. The van der Waals surface area contributed by atoms with Crippen LogP contribution in [0.3, 0.4) is 0 Å². The minimum atomic E-state index is -0.901. The Bertz CT molecular complexity index is 1070. The first-order chi connectivity index (χ1) is 12.5. The summed E-state index contributed by atoms with van der Waals surface area (Å²) in [6, 6.07) is 8.24. The SMILES string of the molecule is Cn1c(CF)cc(=O)n(Cc2nc(/C=C/c3ccc(Cl)cc3)no2)c1=O. The van der Waals surface area contributed by atoms with E-state index in [4.69, 9.17) is 16.1 Å². The van der Waals surface area contributed by atoms with Gasteiger partial charge in [0.05, 0.1) is 5.69 Å². The van der Waals surface area contributed by atoms with Gasteiger partial charge in [-0.3, -0.25) is 13.9 Å². The zero-order valence-electron chi connectivity index (χ0n) is 13.7. The van der Waals surface area contributed by atoms with Crippen molar-refractivity contribution in [2.24, 2.45) is 7.05 Å². The van der Waals surface area contributed by atoms with Crippen molar-refractivity contribution in [3.8, 4) is 0 Å². The molecule has 1 aromatic carbocycles. The summed E-state index contributed by atoms with van der Waals surface area (Å²) >= 11 is 5.83. The second kappa shape index (κ2) is 7.49. The normalized spacial score (nSPS) is 11.3. The molecule has 0 unspecified atom stereocenters. The third-order valence-electron chi connectivity index (χ3n) is 3.71. The summed E-state index contributed by atoms with van der Waals surface area (Å²) in [5.74, 6) is 0.383. The third kappa shape index (κ3) is 3.80. The van der Waals surface area contributed by atoms with Crippen LogP contribution in [0.5, 0.6) is 0 Å². The second-order valence-corrected chi connectivity index (χ2v) is 5.90. The van der Waals surface area contributed by atoms with Crippen LogP contribution in [0.15, 0.2) is 44.4 Å². The van der Waals surface area contributed by atoms with Gasteiger partial charge in [0.1, 0.15) is 13.2 Å². The molecule has 2 aromatic heterocycles. The molecule has 0 saturated heterocycles. The van der Waals surface area contributed by atoms with Gasteiger partial charge in [0.25, 0.3) is 5.56 Å². The molecule has 0 radical (unpaired) electrons. The van der Waals surface area contributed by atoms with E-state index in [9.17, 15) is 14.0 Å². The molecule has 0 fully saturated rings. The van der Waals surface area contributed by atoms with Crippen LogP contribution in [0, 0.1) is 0 Å². The molecule has 3 aromatic rings. The lowest BCUT2D eigenvalue weighted by atomic mass is 10.2. The van der Waals surface area contributed by atoms with Gasteiger partial charge in [0.2, 0.25) is 5.89 Å². The fourth-order valence-electron chi connectivity index (χ4n) is 2.27. The van der Waals surface area contributed by atoms with Crippen LogP contribution in [-0.4, -0.2) is 19.3 Å². The number of hydrogen-bond donors (Lipinski definition) is 0. The Hall–Kier alpha value is -3.00. The number of halogens is 2. The Kier molecular flexibility index (Phi) is 5.13. The smallest absolute Gasteiger partial charge is 0.331 e. The molecule has 7 nitrogen and oxygen atoms in total. The van der Waals surface area contributed by atoms with E-state index in [0.29, 0.717) is 10.8 Å². The van der Waals surface area contributed by atoms with E-state index < -0.39 is 17.9 Å². The van der Waals surface area contributed by atoms with E-state index in [1.165, 1.54) is 7.05 Å². The fraction of sp³-hybridized carbons (Fsp3) is 0.176. The average Bonchev–Trinajstić information content (AvgIpc) is 3.09. The van der Waals surface area contributed by atoms with Gasteiger partial charge in [-0.15, -0.1) is 0 Å². The highest BCUT2D eigenvalue weighted by Gasteiger charge is 2.12. The van der Waals surface area contributed by atoms with Gasteiger partial charge >= 0.3 is 5.69 Å². The lowest BCUT2D eigenvalue weighted by molar-refractivity contribution is 0.363. The number of benzene rings is 1. The van der Waals surface area contributed by atoms with Crippen molar-refractivity contribution in [2.45, 2.75) is 13.2 Å². The largest absolute Gasteiger partial charge is 0.337 e. The molecule has 9 heteroatoms. The molecule has 0 spiro atoms. The molecule has 134 valence electrons. The van der Waals surface area contributed by atoms with Crippen molar-refractivity contribution in [1.29, 1.82) is 0 Å². The lowest BCUT2D eigenvalue weighted by Gasteiger charge is -2.07.